The molecule has 20 heavy (non-hydrogen) atoms. The maximum absolute atomic E-state index is 6.19. The van der Waals surface area contributed by atoms with Gasteiger partial charge in [0.05, 0.1) is 12.2 Å². The zero-order chi connectivity index (χ0) is 14.6. The molecule has 4 heterocycles. The van der Waals surface area contributed by atoms with Gasteiger partial charge in [-0.05, 0) is 41.5 Å². The van der Waals surface area contributed by atoms with E-state index in [0.717, 1.165) is 0 Å². The lowest BCUT2D eigenvalue weighted by Gasteiger charge is -2.57. The molecule has 4 aliphatic rings. The summed E-state index contributed by atoms with van der Waals surface area (Å²) in [7, 11) is -3.38. The van der Waals surface area contributed by atoms with Crippen LogP contribution in [0.3, 0.4) is 0 Å². The minimum Gasteiger partial charge on any atom is -0.365 e. The first-order chi connectivity index (χ1) is 9.16. The van der Waals surface area contributed by atoms with Crippen molar-refractivity contribution < 1.29 is 26.6 Å². The number of hydrogen-bond acceptors (Lipinski definition) is 6. The van der Waals surface area contributed by atoms with Crippen LogP contribution in [0.1, 0.15) is 41.5 Å². The molecule has 0 saturated carbocycles. The number of rotatable bonds is 1. The summed E-state index contributed by atoms with van der Waals surface area (Å²) in [5.74, 6) is 0. The molecule has 0 aromatic rings. The Labute approximate surface area is 122 Å². The summed E-state index contributed by atoms with van der Waals surface area (Å²) in [6.07, 6.45) is -0.0431. The van der Waals surface area contributed by atoms with Crippen LogP contribution in [-0.4, -0.2) is 53.7 Å². The molecule has 0 spiro atoms. The molecular weight excluding hydrogens is 296 g/mol. The van der Waals surface area contributed by atoms with Crippen molar-refractivity contribution in [3.63, 3.8) is 0 Å². The highest BCUT2D eigenvalue weighted by molar-refractivity contribution is 6.40. The zero-order valence-electron chi connectivity index (χ0n) is 12.6. The van der Waals surface area contributed by atoms with Crippen molar-refractivity contribution in [2.45, 2.75) is 76.2 Å². The Kier molecular flexibility index (Phi) is 2.47. The van der Waals surface area contributed by atoms with Crippen molar-refractivity contribution >= 4 is 19.1 Å². The molecule has 112 valence electrons. The molecule has 4 saturated heterocycles. The third-order valence-electron chi connectivity index (χ3n) is 6.07. The van der Waals surface area contributed by atoms with Gasteiger partial charge >= 0.3 is 19.1 Å². The van der Waals surface area contributed by atoms with Gasteiger partial charge < -0.3 is 26.6 Å². The minimum absolute atomic E-state index is 0.0215. The molecule has 4 fully saturated rings. The lowest BCUT2D eigenvalue weighted by atomic mass is 9.63. The lowest BCUT2D eigenvalue weighted by molar-refractivity contribution is -0.233. The maximum Gasteiger partial charge on any atom is 0.579 e. The van der Waals surface area contributed by atoms with Gasteiger partial charge in [-0.2, -0.15) is 0 Å². The molecule has 6 nitrogen and oxygen atoms in total. The van der Waals surface area contributed by atoms with Crippen LogP contribution in [-0.2, 0) is 26.6 Å². The van der Waals surface area contributed by atoms with E-state index in [2.05, 4.69) is 27.7 Å². The van der Waals surface area contributed by atoms with Crippen molar-refractivity contribution in [3.8, 4) is 0 Å². The van der Waals surface area contributed by atoms with E-state index in [1.807, 2.05) is 13.8 Å². The normalized spacial score (nSPS) is 62.7. The third kappa shape index (κ3) is 1.19. The SMILES string of the molecule is CC1O[Si]2OC1(C)C(C)(C1(C)O[Si]3OC(C)C1(C)O3)O2. The molecule has 0 aliphatic carbocycles. The predicted octanol–water partition coefficient (Wildman–Crippen LogP) is 0.922. The highest BCUT2D eigenvalue weighted by Gasteiger charge is 2.81. The smallest absolute Gasteiger partial charge is 0.365 e. The molecule has 8 heteroatoms. The molecule has 0 amide bonds. The van der Waals surface area contributed by atoms with Crippen molar-refractivity contribution in [2.75, 3.05) is 0 Å². The van der Waals surface area contributed by atoms with Gasteiger partial charge in [-0.25, -0.2) is 0 Å². The standard InChI is InChI=1S/C12H20O6Si2/c1-7-9(3)11(5,17-19(13-7)15-9)12(6)10(4)8(2)14-20(16-10)18-12/h7-8H,1-6H3. The quantitative estimate of drug-likeness (QED) is 0.671. The summed E-state index contributed by atoms with van der Waals surface area (Å²) in [4.78, 5) is 0. The number of fused-ring (bicyclic) bond motifs is 4. The lowest BCUT2D eigenvalue weighted by Crippen LogP contribution is -2.75. The van der Waals surface area contributed by atoms with Crippen LogP contribution < -0.4 is 0 Å². The Hall–Kier alpha value is 0.194. The van der Waals surface area contributed by atoms with Gasteiger partial charge in [-0.3, -0.25) is 0 Å². The van der Waals surface area contributed by atoms with Crippen LogP contribution in [0.2, 0.25) is 0 Å². The first-order valence-corrected chi connectivity index (χ1v) is 9.44. The van der Waals surface area contributed by atoms with Crippen LogP contribution in [0.25, 0.3) is 0 Å². The van der Waals surface area contributed by atoms with E-state index in [-0.39, 0.29) is 12.2 Å². The van der Waals surface area contributed by atoms with Gasteiger partial charge in [0.25, 0.3) is 0 Å². The fourth-order valence-electron chi connectivity index (χ4n) is 3.81. The van der Waals surface area contributed by atoms with Crippen LogP contribution in [0.5, 0.6) is 0 Å². The monoisotopic (exact) mass is 316 g/mol. The molecule has 0 N–H and O–H groups in total. The summed E-state index contributed by atoms with van der Waals surface area (Å²) in [5.41, 5.74) is -2.31. The average Bonchev–Trinajstić information content (AvgIpc) is 2.94. The van der Waals surface area contributed by atoms with E-state index in [4.69, 9.17) is 26.6 Å². The zero-order valence-corrected chi connectivity index (χ0v) is 14.6. The van der Waals surface area contributed by atoms with Crippen molar-refractivity contribution in [3.05, 3.63) is 0 Å². The average molecular weight is 316 g/mol. The van der Waals surface area contributed by atoms with Crippen LogP contribution in [0.4, 0.5) is 0 Å². The molecule has 6 atom stereocenters. The minimum atomic E-state index is -1.69. The second-order valence-corrected chi connectivity index (χ2v) is 9.00. The van der Waals surface area contributed by atoms with E-state index in [1.165, 1.54) is 0 Å². The Morgan fingerprint density at radius 2 is 1.00 bits per heavy atom. The second-order valence-electron chi connectivity index (χ2n) is 6.71. The Balaban J connectivity index is 1.82. The summed E-state index contributed by atoms with van der Waals surface area (Å²) < 4.78 is 35.9. The molecule has 4 rings (SSSR count). The first-order valence-electron chi connectivity index (χ1n) is 6.99. The summed E-state index contributed by atoms with van der Waals surface area (Å²) in [6, 6.07) is 0. The molecule has 0 aromatic carbocycles. The van der Waals surface area contributed by atoms with E-state index < -0.39 is 41.5 Å². The summed E-state index contributed by atoms with van der Waals surface area (Å²) in [5, 5.41) is 0. The highest BCUT2D eigenvalue weighted by atomic mass is 28.3. The van der Waals surface area contributed by atoms with Crippen molar-refractivity contribution in [1.29, 1.82) is 0 Å². The predicted molar refractivity (Wildman–Crippen MR) is 70.6 cm³/mol. The van der Waals surface area contributed by atoms with E-state index in [0.29, 0.717) is 0 Å². The maximum atomic E-state index is 6.19. The van der Waals surface area contributed by atoms with E-state index in [9.17, 15) is 0 Å². The van der Waals surface area contributed by atoms with Gasteiger partial charge in [-0.15, -0.1) is 0 Å². The highest BCUT2D eigenvalue weighted by Crippen LogP contribution is 2.61. The van der Waals surface area contributed by atoms with Crippen LogP contribution in [0, 0.1) is 0 Å². The molecule has 4 aliphatic heterocycles. The van der Waals surface area contributed by atoms with Crippen LogP contribution >= 0.6 is 0 Å². The number of hydrogen-bond donors (Lipinski definition) is 0. The Morgan fingerprint density at radius 1 is 0.650 bits per heavy atom. The van der Waals surface area contributed by atoms with Crippen LogP contribution in [0.15, 0.2) is 0 Å². The van der Waals surface area contributed by atoms with Crippen molar-refractivity contribution in [2.24, 2.45) is 0 Å². The molecule has 6 unspecified atom stereocenters. The van der Waals surface area contributed by atoms with E-state index >= 15 is 0 Å². The summed E-state index contributed by atoms with van der Waals surface area (Å²) in [6.45, 7) is 12.3. The molecule has 4 bridgehead atoms. The van der Waals surface area contributed by atoms with Crippen molar-refractivity contribution in [1.82, 2.24) is 0 Å². The van der Waals surface area contributed by atoms with Gasteiger partial charge in [0.15, 0.2) is 0 Å². The van der Waals surface area contributed by atoms with Gasteiger partial charge in [0.1, 0.15) is 22.4 Å². The molecule has 2 radical (unpaired) electrons. The molecular formula is C12H20O6Si2. The van der Waals surface area contributed by atoms with Gasteiger partial charge in [-0.1, -0.05) is 0 Å². The summed E-state index contributed by atoms with van der Waals surface area (Å²) >= 11 is 0. The fraction of sp³-hybridized carbons (Fsp3) is 1.00. The molecule has 0 aromatic heterocycles. The first kappa shape index (κ1) is 13.8. The second kappa shape index (κ2) is 3.57. The largest absolute Gasteiger partial charge is 0.579 e. The third-order valence-corrected chi connectivity index (χ3v) is 9.49. The van der Waals surface area contributed by atoms with Gasteiger partial charge in [0, 0.05) is 0 Å². The Morgan fingerprint density at radius 3 is 1.25 bits per heavy atom. The van der Waals surface area contributed by atoms with E-state index in [1.54, 1.807) is 0 Å². The fourth-order valence-corrected chi connectivity index (χ4v) is 7.99. The van der Waals surface area contributed by atoms with Gasteiger partial charge in [0.2, 0.25) is 0 Å². The topological polar surface area (TPSA) is 55.4 Å². The Bertz CT molecular complexity index is 437.